The van der Waals surface area contributed by atoms with Crippen molar-refractivity contribution in [3.05, 3.63) is 20.3 Å². The second-order valence-electron chi connectivity index (χ2n) is 3.93. The lowest BCUT2D eigenvalue weighted by Crippen LogP contribution is -2.32. The molecule has 1 aromatic heterocycles. The molecule has 1 nitrogen and oxygen atoms in total. The molecule has 1 aromatic rings. The van der Waals surface area contributed by atoms with Gasteiger partial charge in [0.15, 0.2) is 0 Å². The zero-order valence-corrected chi connectivity index (χ0v) is 10.2. The van der Waals surface area contributed by atoms with Crippen molar-refractivity contribution in [1.29, 1.82) is 0 Å². The molecule has 1 aliphatic carbocycles. The van der Waals surface area contributed by atoms with E-state index >= 15 is 0 Å². The van der Waals surface area contributed by atoms with Crippen molar-refractivity contribution >= 4 is 27.3 Å². The number of nitrogens with two attached hydrogens (primary N) is 1. The van der Waals surface area contributed by atoms with E-state index in [1.807, 2.05) is 0 Å². The molecule has 0 atom stereocenters. The van der Waals surface area contributed by atoms with E-state index in [4.69, 9.17) is 5.73 Å². The number of aryl methyl sites for hydroxylation is 1. The molecule has 0 saturated heterocycles. The lowest BCUT2D eigenvalue weighted by Gasteiger charge is -2.22. The predicted octanol–water partition coefficient (Wildman–Crippen LogP) is 3.55. The van der Waals surface area contributed by atoms with Crippen LogP contribution in [0.2, 0.25) is 0 Å². The van der Waals surface area contributed by atoms with Gasteiger partial charge in [-0.3, -0.25) is 0 Å². The molecule has 3 heteroatoms. The molecule has 2 N–H and O–H groups in total. The summed E-state index contributed by atoms with van der Waals surface area (Å²) >= 11 is 5.43. The van der Waals surface area contributed by atoms with Crippen LogP contribution in [0.1, 0.15) is 36.1 Å². The SMILES string of the molecule is Cc1csc(C2(N)CCCC2)c1Br. The lowest BCUT2D eigenvalue weighted by molar-refractivity contribution is 0.469. The zero-order chi connectivity index (χ0) is 9.47. The molecule has 1 aliphatic rings. The number of rotatable bonds is 1. The second kappa shape index (κ2) is 3.37. The Hall–Kier alpha value is 0.140. The molecular formula is C10H14BrNS. The Morgan fingerprint density at radius 1 is 1.46 bits per heavy atom. The minimum Gasteiger partial charge on any atom is -0.321 e. The van der Waals surface area contributed by atoms with Crippen LogP contribution in [-0.2, 0) is 5.54 Å². The summed E-state index contributed by atoms with van der Waals surface area (Å²) in [7, 11) is 0. The fourth-order valence-electron chi connectivity index (χ4n) is 2.00. The van der Waals surface area contributed by atoms with Crippen LogP contribution >= 0.6 is 27.3 Å². The minimum absolute atomic E-state index is 0.0300. The molecule has 0 radical (unpaired) electrons. The summed E-state index contributed by atoms with van der Waals surface area (Å²) in [4.78, 5) is 1.35. The van der Waals surface area contributed by atoms with Crippen LogP contribution in [-0.4, -0.2) is 0 Å². The molecule has 13 heavy (non-hydrogen) atoms. The fourth-order valence-corrected chi connectivity index (χ4v) is 4.06. The maximum atomic E-state index is 6.37. The fraction of sp³-hybridized carbons (Fsp3) is 0.600. The Balaban J connectivity index is 2.39. The molecular weight excluding hydrogens is 246 g/mol. The first-order valence-corrected chi connectivity index (χ1v) is 6.34. The summed E-state index contributed by atoms with van der Waals surface area (Å²) in [5, 5.41) is 2.19. The van der Waals surface area contributed by atoms with Gasteiger partial charge in [-0.15, -0.1) is 11.3 Å². The Morgan fingerprint density at radius 3 is 2.54 bits per heavy atom. The van der Waals surface area contributed by atoms with Crippen molar-refractivity contribution in [1.82, 2.24) is 0 Å². The van der Waals surface area contributed by atoms with E-state index < -0.39 is 0 Å². The van der Waals surface area contributed by atoms with Gasteiger partial charge in [-0.05, 0) is 46.6 Å². The van der Waals surface area contributed by atoms with Gasteiger partial charge >= 0.3 is 0 Å². The first-order valence-electron chi connectivity index (χ1n) is 4.66. The van der Waals surface area contributed by atoms with Crippen molar-refractivity contribution in [3.8, 4) is 0 Å². The highest BCUT2D eigenvalue weighted by molar-refractivity contribution is 9.10. The van der Waals surface area contributed by atoms with E-state index in [0.29, 0.717) is 0 Å². The molecule has 1 fully saturated rings. The van der Waals surface area contributed by atoms with Crippen LogP contribution in [0.3, 0.4) is 0 Å². The minimum atomic E-state index is -0.0300. The number of hydrogen-bond donors (Lipinski definition) is 1. The van der Waals surface area contributed by atoms with E-state index in [-0.39, 0.29) is 5.54 Å². The standard InChI is InChI=1S/C10H14BrNS/c1-7-6-13-9(8(7)11)10(12)4-2-3-5-10/h6H,2-5,12H2,1H3. The molecule has 1 heterocycles. The van der Waals surface area contributed by atoms with Gasteiger partial charge in [-0.25, -0.2) is 0 Å². The molecule has 0 unspecified atom stereocenters. The van der Waals surface area contributed by atoms with Crippen molar-refractivity contribution in [3.63, 3.8) is 0 Å². The predicted molar refractivity (Wildman–Crippen MR) is 61.1 cm³/mol. The summed E-state index contributed by atoms with van der Waals surface area (Å²) in [6, 6.07) is 0. The van der Waals surface area contributed by atoms with Crippen LogP contribution in [0, 0.1) is 6.92 Å². The second-order valence-corrected chi connectivity index (χ2v) is 5.60. The first-order chi connectivity index (χ1) is 6.13. The van der Waals surface area contributed by atoms with Gasteiger partial charge in [0.25, 0.3) is 0 Å². The lowest BCUT2D eigenvalue weighted by atomic mass is 9.97. The Morgan fingerprint density at radius 2 is 2.08 bits per heavy atom. The van der Waals surface area contributed by atoms with Crippen molar-refractivity contribution < 1.29 is 0 Å². The molecule has 2 rings (SSSR count). The van der Waals surface area contributed by atoms with Crippen LogP contribution in [0.4, 0.5) is 0 Å². The summed E-state index contributed by atoms with van der Waals surface area (Å²) < 4.78 is 1.24. The molecule has 0 aliphatic heterocycles. The van der Waals surface area contributed by atoms with E-state index in [2.05, 4.69) is 28.2 Å². The van der Waals surface area contributed by atoms with E-state index in [0.717, 1.165) is 12.8 Å². The molecule has 1 saturated carbocycles. The highest BCUT2D eigenvalue weighted by Gasteiger charge is 2.34. The molecule has 0 spiro atoms. The third-order valence-electron chi connectivity index (χ3n) is 2.85. The van der Waals surface area contributed by atoms with Crippen molar-refractivity contribution in [2.75, 3.05) is 0 Å². The molecule has 0 amide bonds. The quantitative estimate of drug-likeness (QED) is 0.821. The molecule has 72 valence electrons. The van der Waals surface area contributed by atoms with Gasteiger partial charge < -0.3 is 5.73 Å². The highest BCUT2D eigenvalue weighted by atomic mass is 79.9. The largest absolute Gasteiger partial charge is 0.321 e. The van der Waals surface area contributed by atoms with Crippen LogP contribution in [0.15, 0.2) is 9.85 Å². The van der Waals surface area contributed by atoms with E-state index in [1.54, 1.807) is 11.3 Å². The first kappa shape index (κ1) is 9.69. The van der Waals surface area contributed by atoms with Gasteiger partial charge in [-0.1, -0.05) is 12.8 Å². The topological polar surface area (TPSA) is 26.0 Å². The number of halogens is 1. The zero-order valence-electron chi connectivity index (χ0n) is 7.77. The Labute approximate surface area is 91.5 Å². The maximum absolute atomic E-state index is 6.37. The normalized spacial score (nSPS) is 20.8. The van der Waals surface area contributed by atoms with Crippen LogP contribution in [0.25, 0.3) is 0 Å². The monoisotopic (exact) mass is 259 g/mol. The number of hydrogen-bond acceptors (Lipinski definition) is 2. The van der Waals surface area contributed by atoms with Crippen molar-refractivity contribution in [2.24, 2.45) is 5.73 Å². The van der Waals surface area contributed by atoms with Gasteiger partial charge in [0.1, 0.15) is 0 Å². The Kier molecular flexibility index (Phi) is 2.51. The van der Waals surface area contributed by atoms with E-state index in [1.165, 1.54) is 27.8 Å². The van der Waals surface area contributed by atoms with Crippen molar-refractivity contribution in [2.45, 2.75) is 38.1 Å². The van der Waals surface area contributed by atoms with Gasteiger partial charge in [0, 0.05) is 9.35 Å². The average molecular weight is 260 g/mol. The smallest absolute Gasteiger partial charge is 0.0515 e. The number of thiophene rings is 1. The van der Waals surface area contributed by atoms with Gasteiger partial charge in [0.05, 0.1) is 5.54 Å². The average Bonchev–Trinajstić information content (AvgIpc) is 2.63. The molecule has 0 bridgehead atoms. The summed E-state index contributed by atoms with van der Waals surface area (Å²) in [5.74, 6) is 0. The summed E-state index contributed by atoms with van der Waals surface area (Å²) in [6.07, 6.45) is 4.84. The van der Waals surface area contributed by atoms with E-state index in [9.17, 15) is 0 Å². The Bertz CT molecular complexity index is 313. The third kappa shape index (κ3) is 1.58. The van der Waals surface area contributed by atoms with Crippen LogP contribution < -0.4 is 5.73 Å². The van der Waals surface area contributed by atoms with Crippen LogP contribution in [0.5, 0.6) is 0 Å². The molecule has 0 aromatic carbocycles. The third-order valence-corrected chi connectivity index (χ3v) is 5.45. The summed E-state index contributed by atoms with van der Waals surface area (Å²) in [6.45, 7) is 2.13. The van der Waals surface area contributed by atoms with Gasteiger partial charge in [-0.2, -0.15) is 0 Å². The maximum Gasteiger partial charge on any atom is 0.0515 e. The summed E-state index contributed by atoms with van der Waals surface area (Å²) in [5.41, 5.74) is 7.66. The highest BCUT2D eigenvalue weighted by Crippen LogP contribution is 2.43. The van der Waals surface area contributed by atoms with Gasteiger partial charge in [0.2, 0.25) is 0 Å².